The van der Waals surface area contributed by atoms with Gasteiger partial charge in [-0.1, -0.05) is 38.2 Å². The molecule has 6 heteroatoms. The summed E-state index contributed by atoms with van der Waals surface area (Å²) in [6, 6.07) is 0. The van der Waals surface area contributed by atoms with Crippen molar-refractivity contribution in [2.45, 2.75) is 70.8 Å². The molecule has 0 bridgehead atoms. The Morgan fingerprint density at radius 2 is 1.96 bits per heavy atom. The number of hydrogen-bond donors (Lipinski definition) is 1. The van der Waals surface area contributed by atoms with Crippen LogP contribution in [0.15, 0.2) is 36.0 Å². The Balaban J connectivity index is 2.72. The molecule has 0 spiro atoms. The molecule has 4 nitrogen and oxygen atoms in total. The maximum Gasteiger partial charge on any atom is 0.334 e. The largest absolute Gasteiger partial charge is 0.488 e. The number of carbonyl (C=O) groups excluding carboxylic acids is 1. The lowest BCUT2D eigenvalue weighted by Gasteiger charge is -2.40. The number of likely N-dealkylation sites (tertiary alicyclic amines) is 1. The van der Waals surface area contributed by atoms with Crippen molar-refractivity contribution in [3.63, 3.8) is 0 Å². The van der Waals surface area contributed by atoms with Crippen LogP contribution in [0.3, 0.4) is 0 Å². The summed E-state index contributed by atoms with van der Waals surface area (Å²) >= 11 is 4.63. The molecule has 1 aliphatic rings. The molecule has 0 saturated carbocycles. The van der Waals surface area contributed by atoms with E-state index in [1.807, 2.05) is 39.8 Å². The summed E-state index contributed by atoms with van der Waals surface area (Å²) in [6.07, 6.45) is 8.15. The zero-order chi connectivity index (χ0) is 20.0. The van der Waals surface area contributed by atoms with Gasteiger partial charge in [-0.15, -0.1) is 0 Å². The Bertz CT molecular complexity index is 558. The smallest absolute Gasteiger partial charge is 0.334 e. The van der Waals surface area contributed by atoms with Crippen molar-refractivity contribution < 1.29 is 14.2 Å². The molecule has 0 atom stereocenters. The van der Waals surface area contributed by atoms with Gasteiger partial charge in [0.05, 0.1) is 18.7 Å². The molecule has 145 valence electrons. The highest BCUT2D eigenvalue weighted by atomic mass is 32.1. The van der Waals surface area contributed by atoms with Crippen LogP contribution in [-0.2, 0) is 14.2 Å². The van der Waals surface area contributed by atoms with Gasteiger partial charge in [-0.2, -0.15) is 12.6 Å². The summed E-state index contributed by atoms with van der Waals surface area (Å²) in [4.78, 5) is 13.0. The van der Waals surface area contributed by atoms with E-state index >= 15 is 0 Å². The fraction of sp³-hybridized carbons (Fsp3) is 0.650. The number of allylic oxidation sites excluding steroid dienone is 4. The predicted octanol–water partition coefficient (Wildman–Crippen LogP) is 4.11. The first-order valence-corrected chi connectivity index (χ1v) is 9.64. The van der Waals surface area contributed by atoms with E-state index in [2.05, 4.69) is 32.2 Å². The van der Waals surface area contributed by atoms with Gasteiger partial charge in [-0.05, 0) is 39.6 Å². The maximum atomic E-state index is 11.3. The molecule has 1 heterocycles. The standard InChI is InChI=1S/C20H33BNO3S/c1-8-9-10-11-12-18(21-25-19(4,5)20(6,7)26)15(2)24-17-13-22(14-17)16(3)23/h10-12,17,26H,2,8-9,13-14H2,1,3-7H3/b11-10-,18-12+. The number of carbonyl (C=O) groups is 1. The molecule has 1 saturated heterocycles. The minimum atomic E-state index is -0.468. The second-order valence-corrected chi connectivity index (χ2v) is 8.85. The number of nitrogens with zero attached hydrogens (tertiary/aromatic N) is 1. The van der Waals surface area contributed by atoms with Gasteiger partial charge in [-0.25, -0.2) is 0 Å². The van der Waals surface area contributed by atoms with Crippen molar-refractivity contribution in [1.82, 2.24) is 4.90 Å². The van der Waals surface area contributed by atoms with E-state index in [1.54, 1.807) is 19.3 Å². The first kappa shape index (κ1) is 22.9. The number of thiol groups is 1. The molecule has 1 radical (unpaired) electrons. The lowest BCUT2D eigenvalue weighted by Crippen LogP contribution is -2.54. The molecule has 26 heavy (non-hydrogen) atoms. The van der Waals surface area contributed by atoms with Crippen LogP contribution < -0.4 is 0 Å². The van der Waals surface area contributed by atoms with Crippen molar-refractivity contribution in [2.75, 3.05) is 13.1 Å². The minimum Gasteiger partial charge on any atom is -0.488 e. The summed E-state index contributed by atoms with van der Waals surface area (Å²) in [6.45, 7) is 17.0. The fourth-order valence-electron chi connectivity index (χ4n) is 2.03. The van der Waals surface area contributed by atoms with Gasteiger partial charge in [0.15, 0.2) is 0 Å². The molecular formula is C20H33BNO3S. The number of unbranched alkanes of at least 4 members (excludes halogenated alkanes) is 1. The van der Waals surface area contributed by atoms with Gasteiger partial charge < -0.3 is 14.3 Å². The number of rotatable bonds is 10. The Hall–Kier alpha value is -1.14. The number of amides is 1. The highest BCUT2D eigenvalue weighted by Gasteiger charge is 2.35. The Kier molecular flexibility index (Phi) is 8.55. The van der Waals surface area contributed by atoms with E-state index in [0.29, 0.717) is 18.8 Å². The van der Waals surface area contributed by atoms with E-state index in [0.717, 1.165) is 18.3 Å². The van der Waals surface area contributed by atoms with Gasteiger partial charge in [0.2, 0.25) is 5.91 Å². The molecule has 1 fully saturated rings. The van der Waals surface area contributed by atoms with E-state index in [4.69, 9.17) is 9.39 Å². The average molecular weight is 378 g/mol. The maximum absolute atomic E-state index is 11.3. The topological polar surface area (TPSA) is 38.8 Å². The molecule has 1 aliphatic heterocycles. The van der Waals surface area contributed by atoms with Gasteiger partial charge >= 0.3 is 7.48 Å². The van der Waals surface area contributed by atoms with Gasteiger partial charge in [0.1, 0.15) is 11.9 Å². The van der Waals surface area contributed by atoms with Crippen LogP contribution >= 0.6 is 12.6 Å². The summed E-state index contributed by atoms with van der Waals surface area (Å²) in [5, 5.41) is 0. The van der Waals surface area contributed by atoms with Crippen LogP contribution in [0.2, 0.25) is 0 Å². The Labute approximate surface area is 165 Å². The second-order valence-electron chi connectivity index (χ2n) is 7.73. The first-order chi connectivity index (χ1) is 12.0. The molecule has 1 rings (SSSR count). The van der Waals surface area contributed by atoms with Crippen LogP contribution in [0.25, 0.3) is 0 Å². The van der Waals surface area contributed by atoms with Crippen molar-refractivity contribution in [2.24, 2.45) is 0 Å². The normalized spacial score (nSPS) is 16.6. The first-order valence-electron chi connectivity index (χ1n) is 9.19. The van der Waals surface area contributed by atoms with E-state index < -0.39 is 5.60 Å². The molecule has 0 unspecified atom stereocenters. The molecule has 0 aromatic heterocycles. The highest BCUT2D eigenvalue weighted by molar-refractivity contribution is 7.81. The molecule has 0 aromatic rings. The quantitative estimate of drug-likeness (QED) is 0.269. The van der Waals surface area contributed by atoms with Gasteiger partial charge in [-0.3, -0.25) is 4.79 Å². The van der Waals surface area contributed by atoms with Crippen LogP contribution in [0.1, 0.15) is 54.4 Å². The summed E-state index contributed by atoms with van der Waals surface area (Å²) in [7, 11) is 1.69. The van der Waals surface area contributed by atoms with E-state index in [9.17, 15) is 4.79 Å². The van der Waals surface area contributed by atoms with Crippen LogP contribution in [0, 0.1) is 0 Å². The van der Waals surface area contributed by atoms with Crippen LogP contribution in [0.4, 0.5) is 0 Å². The van der Waals surface area contributed by atoms with Crippen molar-refractivity contribution in [1.29, 1.82) is 0 Å². The lowest BCUT2D eigenvalue weighted by molar-refractivity contribution is -0.139. The van der Waals surface area contributed by atoms with Crippen molar-refractivity contribution in [3.05, 3.63) is 36.0 Å². The summed E-state index contributed by atoms with van der Waals surface area (Å²) in [5.74, 6) is 0.619. The fourth-order valence-corrected chi connectivity index (χ4v) is 2.08. The Morgan fingerprint density at radius 3 is 2.46 bits per heavy atom. The van der Waals surface area contributed by atoms with Crippen LogP contribution in [-0.4, -0.2) is 47.8 Å². The molecule has 1 amide bonds. The zero-order valence-electron chi connectivity index (χ0n) is 17.0. The third-order valence-electron chi connectivity index (χ3n) is 4.75. The average Bonchev–Trinajstić information content (AvgIpc) is 2.47. The van der Waals surface area contributed by atoms with Crippen molar-refractivity contribution >= 4 is 26.0 Å². The third-order valence-corrected chi connectivity index (χ3v) is 5.28. The molecule has 0 aromatic carbocycles. The number of ether oxygens (including phenoxy) is 1. The third kappa shape index (κ3) is 6.88. The molecule has 0 aliphatic carbocycles. The highest BCUT2D eigenvalue weighted by Crippen LogP contribution is 2.31. The summed E-state index contributed by atoms with van der Waals surface area (Å²) in [5.41, 5.74) is 0.314. The second kappa shape index (κ2) is 9.70. The Morgan fingerprint density at radius 1 is 1.35 bits per heavy atom. The van der Waals surface area contributed by atoms with Crippen LogP contribution in [0.5, 0.6) is 0 Å². The predicted molar refractivity (Wildman–Crippen MR) is 112 cm³/mol. The SMILES string of the molecule is C=C(OC1CN(C(C)=O)C1)/C([B]OC(C)(C)C(C)(C)S)=C\C=C/CCC. The van der Waals surface area contributed by atoms with Crippen molar-refractivity contribution in [3.8, 4) is 0 Å². The molecular weight excluding hydrogens is 345 g/mol. The summed E-state index contributed by atoms with van der Waals surface area (Å²) < 4.78 is 11.6. The van der Waals surface area contributed by atoms with Gasteiger partial charge in [0, 0.05) is 11.7 Å². The monoisotopic (exact) mass is 378 g/mol. The van der Waals surface area contributed by atoms with E-state index in [1.165, 1.54) is 0 Å². The lowest BCUT2D eigenvalue weighted by atomic mass is 9.82. The zero-order valence-corrected chi connectivity index (χ0v) is 17.9. The van der Waals surface area contributed by atoms with E-state index in [-0.39, 0.29) is 16.8 Å². The minimum absolute atomic E-state index is 0.0165. The number of hydrogen-bond acceptors (Lipinski definition) is 4. The molecule has 0 N–H and O–H groups in total. The van der Waals surface area contributed by atoms with Gasteiger partial charge in [0.25, 0.3) is 0 Å².